The number of nitrogens with zero attached hydrogens (tertiary/aromatic N) is 4. The second-order valence-corrected chi connectivity index (χ2v) is 10.4. The maximum absolute atomic E-state index is 12.9. The third-order valence-electron chi connectivity index (χ3n) is 4.39. The van der Waals surface area contributed by atoms with Gasteiger partial charge in [-0.1, -0.05) is 11.6 Å². The Morgan fingerprint density at radius 1 is 1.36 bits per heavy atom. The number of hydrogen-bond donors (Lipinski definition) is 0. The lowest BCUT2D eigenvalue weighted by Crippen LogP contribution is -2.40. The summed E-state index contributed by atoms with van der Waals surface area (Å²) in [5, 5.41) is 4.38. The Balaban J connectivity index is 1.92. The topological polar surface area (TPSA) is 77.2 Å². The van der Waals surface area contributed by atoms with Crippen LogP contribution in [0.2, 0.25) is 4.34 Å². The first-order valence-electron chi connectivity index (χ1n) is 8.12. The molecule has 2 aromatic heterocycles. The summed E-state index contributed by atoms with van der Waals surface area (Å²) in [5.41, 5.74) is -0.171. The Hall–Kier alpha value is -1.16. The third-order valence-corrected chi connectivity index (χ3v) is 7.95. The molecule has 25 heavy (non-hydrogen) atoms. The van der Waals surface area contributed by atoms with Crippen LogP contribution in [0.25, 0.3) is 0 Å². The van der Waals surface area contributed by atoms with Gasteiger partial charge in [-0.25, -0.2) is 17.9 Å². The highest BCUT2D eigenvalue weighted by Crippen LogP contribution is 2.33. The molecule has 1 aliphatic rings. The molecule has 0 N–H and O–H groups in total. The van der Waals surface area contributed by atoms with Gasteiger partial charge in [0.1, 0.15) is 10.0 Å². The number of aryl methyl sites for hydroxylation is 1. The molecular weight excluding hydrogens is 384 g/mol. The predicted octanol–water partition coefficient (Wildman–Crippen LogP) is 2.45. The molecule has 3 heterocycles. The quantitative estimate of drug-likeness (QED) is 0.784. The van der Waals surface area contributed by atoms with E-state index in [1.165, 1.54) is 15.1 Å². The van der Waals surface area contributed by atoms with Crippen molar-refractivity contribution in [2.45, 2.75) is 42.9 Å². The highest BCUT2D eigenvalue weighted by atomic mass is 35.5. The van der Waals surface area contributed by atoms with Gasteiger partial charge in [-0.15, -0.1) is 11.3 Å². The van der Waals surface area contributed by atoms with Crippen LogP contribution >= 0.6 is 22.9 Å². The van der Waals surface area contributed by atoms with Crippen molar-refractivity contribution in [3.8, 4) is 0 Å². The Labute approximate surface area is 155 Å². The Morgan fingerprint density at radius 2 is 2.08 bits per heavy atom. The van der Waals surface area contributed by atoms with Crippen LogP contribution in [0.3, 0.4) is 0 Å². The average Bonchev–Trinajstić information content (AvgIpc) is 3.12. The largest absolute Gasteiger partial charge is 0.345 e. The number of piperidine rings is 1. The van der Waals surface area contributed by atoms with Crippen molar-refractivity contribution in [3.63, 3.8) is 0 Å². The molecular formula is C15H21ClN4O3S2. The zero-order valence-electron chi connectivity index (χ0n) is 14.3. The van der Waals surface area contributed by atoms with Gasteiger partial charge in [0.25, 0.3) is 10.0 Å². The van der Waals surface area contributed by atoms with Crippen LogP contribution < -0.4 is 5.69 Å². The summed E-state index contributed by atoms with van der Waals surface area (Å²) >= 11 is 6.95. The summed E-state index contributed by atoms with van der Waals surface area (Å²) < 4.78 is 30.9. The lowest BCUT2D eigenvalue weighted by atomic mass is 9.98. The normalized spacial score (nSPS) is 19.6. The van der Waals surface area contributed by atoms with Gasteiger partial charge < -0.3 is 0 Å². The van der Waals surface area contributed by atoms with Gasteiger partial charge in [0, 0.05) is 32.1 Å². The Kier molecular flexibility index (Phi) is 5.11. The second-order valence-electron chi connectivity index (χ2n) is 6.49. The molecule has 10 heteroatoms. The number of sulfonamides is 1. The fraction of sp³-hybridized carbons (Fsp3) is 0.600. The lowest BCUT2D eigenvalue weighted by Gasteiger charge is -2.31. The zero-order chi connectivity index (χ0) is 18.4. The van der Waals surface area contributed by atoms with Gasteiger partial charge in [-0.2, -0.15) is 9.40 Å². The summed E-state index contributed by atoms with van der Waals surface area (Å²) in [6, 6.07) is 3.10. The first-order valence-corrected chi connectivity index (χ1v) is 10.8. The van der Waals surface area contributed by atoms with Crippen LogP contribution in [0.5, 0.6) is 0 Å². The zero-order valence-corrected chi connectivity index (χ0v) is 16.7. The summed E-state index contributed by atoms with van der Waals surface area (Å²) in [4.78, 5) is 12.3. The number of thiophene rings is 1. The van der Waals surface area contributed by atoms with E-state index in [1.807, 2.05) is 13.8 Å². The molecule has 0 spiro atoms. The molecule has 138 valence electrons. The number of hydrogen-bond acceptors (Lipinski definition) is 5. The molecule has 0 radical (unpaired) electrons. The standard InChI is InChI=1S/C15H21ClN4O3S2/c1-10(2)20-14(17-18(3)15(20)21)11-5-4-8-19(9-11)25(22,23)13-7-6-12(16)24-13/h6-7,10-11H,4-5,8-9H2,1-3H3. The SMILES string of the molecule is CC(C)n1c(C2CCCN(S(=O)(=O)c3ccc(Cl)s3)C2)nn(C)c1=O. The van der Waals surface area contributed by atoms with Crippen LogP contribution in [0.1, 0.15) is 44.5 Å². The summed E-state index contributed by atoms with van der Waals surface area (Å²) in [6.45, 7) is 4.64. The molecule has 1 aliphatic heterocycles. The van der Waals surface area contributed by atoms with E-state index in [0.29, 0.717) is 23.3 Å². The summed E-state index contributed by atoms with van der Waals surface area (Å²) in [6.07, 6.45) is 1.53. The van der Waals surface area contributed by atoms with Crippen LogP contribution in [0, 0.1) is 0 Å². The van der Waals surface area contributed by atoms with Crippen molar-refractivity contribution in [1.29, 1.82) is 0 Å². The minimum atomic E-state index is -3.57. The van der Waals surface area contributed by atoms with E-state index in [-0.39, 0.29) is 21.9 Å². The van der Waals surface area contributed by atoms with E-state index in [2.05, 4.69) is 5.10 Å². The lowest BCUT2D eigenvalue weighted by molar-refractivity contribution is 0.302. The molecule has 1 atom stereocenters. The van der Waals surface area contributed by atoms with Gasteiger partial charge >= 0.3 is 5.69 Å². The van der Waals surface area contributed by atoms with Crippen molar-refractivity contribution in [2.75, 3.05) is 13.1 Å². The molecule has 1 unspecified atom stereocenters. The molecule has 0 saturated carbocycles. The molecule has 0 bridgehead atoms. The van der Waals surface area contributed by atoms with Crippen LogP contribution in [-0.4, -0.2) is 40.2 Å². The van der Waals surface area contributed by atoms with Crippen molar-refractivity contribution in [2.24, 2.45) is 7.05 Å². The van der Waals surface area contributed by atoms with Crippen LogP contribution in [0.15, 0.2) is 21.1 Å². The number of aromatic nitrogens is 3. The molecule has 0 amide bonds. The number of halogens is 1. The maximum atomic E-state index is 12.9. The molecule has 1 fully saturated rings. The smallest absolute Gasteiger partial charge is 0.276 e. The highest BCUT2D eigenvalue weighted by Gasteiger charge is 2.34. The highest BCUT2D eigenvalue weighted by molar-refractivity contribution is 7.91. The summed E-state index contributed by atoms with van der Waals surface area (Å²) in [7, 11) is -1.95. The Morgan fingerprint density at radius 3 is 2.68 bits per heavy atom. The maximum Gasteiger partial charge on any atom is 0.345 e. The van der Waals surface area contributed by atoms with Gasteiger partial charge in [0.2, 0.25) is 0 Å². The molecule has 1 saturated heterocycles. The van der Waals surface area contributed by atoms with Crippen LogP contribution in [0.4, 0.5) is 0 Å². The fourth-order valence-corrected chi connectivity index (χ4v) is 6.36. The monoisotopic (exact) mass is 404 g/mol. The third kappa shape index (κ3) is 3.42. The average molecular weight is 405 g/mol. The van der Waals surface area contributed by atoms with Gasteiger partial charge in [-0.3, -0.25) is 4.57 Å². The van der Waals surface area contributed by atoms with E-state index in [9.17, 15) is 13.2 Å². The van der Waals surface area contributed by atoms with Crippen molar-refractivity contribution < 1.29 is 8.42 Å². The number of rotatable bonds is 4. The summed E-state index contributed by atoms with van der Waals surface area (Å²) in [5.74, 6) is 0.557. The second kappa shape index (κ2) is 6.86. The van der Waals surface area contributed by atoms with Gasteiger partial charge in [0.15, 0.2) is 0 Å². The van der Waals surface area contributed by atoms with Crippen molar-refractivity contribution >= 4 is 33.0 Å². The molecule has 0 aliphatic carbocycles. The fourth-order valence-electron chi connectivity index (χ4n) is 3.20. The van der Waals surface area contributed by atoms with E-state index >= 15 is 0 Å². The van der Waals surface area contributed by atoms with E-state index in [0.717, 1.165) is 24.2 Å². The van der Waals surface area contributed by atoms with Crippen molar-refractivity contribution in [3.05, 3.63) is 32.8 Å². The minimum Gasteiger partial charge on any atom is -0.276 e. The van der Waals surface area contributed by atoms with Gasteiger partial charge in [-0.05, 0) is 38.8 Å². The molecule has 3 rings (SSSR count). The molecule has 7 nitrogen and oxygen atoms in total. The van der Waals surface area contributed by atoms with Crippen LogP contribution in [-0.2, 0) is 17.1 Å². The Bertz CT molecular complexity index is 929. The van der Waals surface area contributed by atoms with E-state index in [1.54, 1.807) is 17.7 Å². The van der Waals surface area contributed by atoms with E-state index < -0.39 is 10.0 Å². The molecule has 0 aromatic carbocycles. The first kappa shape index (κ1) is 18.6. The first-order chi connectivity index (χ1) is 11.7. The predicted molar refractivity (Wildman–Crippen MR) is 97.9 cm³/mol. The minimum absolute atomic E-state index is 0.0284. The van der Waals surface area contributed by atoms with Gasteiger partial charge in [0.05, 0.1) is 4.34 Å². The van der Waals surface area contributed by atoms with E-state index in [4.69, 9.17) is 11.6 Å². The van der Waals surface area contributed by atoms with Crippen molar-refractivity contribution in [1.82, 2.24) is 18.7 Å². The molecule has 2 aromatic rings.